The third-order valence-corrected chi connectivity index (χ3v) is 4.61. The molecular formula is C28H26O5. The lowest BCUT2D eigenvalue weighted by Gasteiger charge is -2.07. The molecule has 0 aliphatic rings. The van der Waals surface area contributed by atoms with E-state index in [9.17, 15) is 4.79 Å². The van der Waals surface area contributed by atoms with Crippen LogP contribution in [0.15, 0.2) is 110 Å². The monoisotopic (exact) mass is 442 g/mol. The number of esters is 1. The highest BCUT2D eigenvalue weighted by Gasteiger charge is 2.02. The molecule has 0 aliphatic carbocycles. The molecule has 0 atom stereocenters. The predicted molar refractivity (Wildman–Crippen MR) is 130 cm³/mol. The fourth-order valence-corrected chi connectivity index (χ4v) is 2.92. The summed E-state index contributed by atoms with van der Waals surface area (Å²) in [5.41, 5.74) is 4.44. The summed E-state index contributed by atoms with van der Waals surface area (Å²) < 4.78 is 20.8. The maximum Gasteiger partial charge on any atom is 0.330 e. The summed E-state index contributed by atoms with van der Waals surface area (Å²) in [5.74, 6) is 1.01. The van der Waals surface area contributed by atoms with Gasteiger partial charge in [0.2, 0.25) is 0 Å². The van der Waals surface area contributed by atoms with Crippen LogP contribution in [0, 0.1) is 0 Å². The van der Waals surface area contributed by atoms with Crippen LogP contribution in [0.1, 0.15) is 0 Å². The normalized spacial score (nSPS) is 10.9. The number of benzene rings is 3. The van der Waals surface area contributed by atoms with Gasteiger partial charge >= 0.3 is 5.97 Å². The van der Waals surface area contributed by atoms with Crippen LogP contribution in [0.5, 0.6) is 11.5 Å². The Balaban J connectivity index is 1.55. The molecule has 168 valence electrons. The molecule has 0 bridgehead atoms. The number of hydrogen-bond acceptors (Lipinski definition) is 5. The third-order valence-electron chi connectivity index (χ3n) is 4.61. The lowest BCUT2D eigenvalue weighted by molar-refractivity contribution is -0.136. The van der Waals surface area contributed by atoms with Crippen LogP contribution in [0.25, 0.3) is 22.3 Å². The Morgan fingerprint density at radius 3 is 1.48 bits per heavy atom. The van der Waals surface area contributed by atoms with Gasteiger partial charge in [-0.15, -0.1) is 0 Å². The van der Waals surface area contributed by atoms with E-state index < -0.39 is 5.97 Å². The van der Waals surface area contributed by atoms with Crippen LogP contribution in [-0.2, 0) is 14.3 Å². The van der Waals surface area contributed by atoms with Crippen molar-refractivity contribution < 1.29 is 23.7 Å². The first-order valence-electron chi connectivity index (χ1n) is 10.4. The standard InChI is InChI=1S/C28H26O5/c1-3-28(29)33-21-5-20-32-27-16-12-25(13-17-27)23-8-6-22(7-9-23)24-10-14-26(15-11-24)31-19-4-18-30-2/h3-17,19-20H,1,18,21H2,2H3/b19-4+,20-5+. The quantitative estimate of drug-likeness (QED) is 0.202. The van der Waals surface area contributed by atoms with Gasteiger partial charge in [0.05, 0.1) is 19.1 Å². The van der Waals surface area contributed by atoms with Crippen LogP contribution in [0.4, 0.5) is 0 Å². The zero-order valence-electron chi connectivity index (χ0n) is 18.5. The van der Waals surface area contributed by atoms with Crippen molar-refractivity contribution in [3.05, 3.63) is 110 Å². The second-order valence-electron chi connectivity index (χ2n) is 6.89. The summed E-state index contributed by atoms with van der Waals surface area (Å²) >= 11 is 0. The zero-order chi connectivity index (χ0) is 23.3. The van der Waals surface area contributed by atoms with E-state index in [-0.39, 0.29) is 6.61 Å². The Labute approximate surface area is 194 Å². The van der Waals surface area contributed by atoms with Gasteiger partial charge in [0.1, 0.15) is 18.1 Å². The fraction of sp³-hybridized carbons (Fsp3) is 0.107. The van der Waals surface area contributed by atoms with E-state index >= 15 is 0 Å². The molecule has 33 heavy (non-hydrogen) atoms. The van der Waals surface area contributed by atoms with Gasteiger partial charge in [0.25, 0.3) is 0 Å². The second-order valence-corrected chi connectivity index (χ2v) is 6.89. The Morgan fingerprint density at radius 2 is 1.09 bits per heavy atom. The van der Waals surface area contributed by atoms with Crippen molar-refractivity contribution in [1.29, 1.82) is 0 Å². The van der Waals surface area contributed by atoms with Crippen molar-refractivity contribution in [3.8, 4) is 33.8 Å². The van der Waals surface area contributed by atoms with Crippen LogP contribution in [0.3, 0.4) is 0 Å². The Morgan fingerprint density at radius 1 is 0.697 bits per heavy atom. The van der Waals surface area contributed by atoms with Gasteiger partial charge in [0, 0.05) is 13.2 Å². The molecule has 0 radical (unpaired) electrons. The summed E-state index contributed by atoms with van der Waals surface area (Å²) in [6.45, 7) is 3.99. The minimum absolute atomic E-state index is 0.135. The van der Waals surface area contributed by atoms with Crippen molar-refractivity contribution in [2.45, 2.75) is 0 Å². The van der Waals surface area contributed by atoms with Crippen molar-refractivity contribution in [2.75, 3.05) is 20.3 Å². The maximum absolute atomic E-state index is 11.0. The van der Waals surface area contributed by atoms with E-state index in [0.29, 0.717) is 12.4 Å². The average molecular weight is 443 g/mol. The lowest BCUT2D eigenvalue weighted by Crippen LogP contribution is -1.99. The minimum Gasteiger partial charge on any atom is -0.465 e. The topological polar surface area (TPSA) is 54.0 Å². The lowest BCUT2D eigenvalue weighted by atomic mass is 10.0. The molecule has 5 nitrogen and oxygen atoms in total. The van der Waals surface area contributed by atoms with Crippen LogP contribution in [0.2, 0.25) is 0 Å². The third kappa shape index (κ3) is 7.52. The van der Waals surface area contributed by atoms with Crippen LogP contribution in [-0.4, -0.2) is 26.3 Å². The molecule has 0 amide bonds. The maximum atomic E-state index is 11.0. The van der Waals surface area contributed by atoms with Gasteiger partial charge in [-0.3, -0.25) is 0 Å². The highest BCUT2D eigenvalue weighted by Crippen LogP contribution is 2.27. The Bertz CT molecular complexity index is 1080. The van der Waals surface area contributed by atoms with Crippen molar-refractivity contribution in [3.63, 3.8) is 0 Å². The summed E-state index contributed by atoms with van der Waals surface area (Å²) in [6.07, 6.45) is 7.67. The predicted octanol–water partition coefficient (Wildman–Crippen LogP) is 6.18. The number of ether oxygens (including phenoxy) is 4. The molecule has 0 unspecified atom stereocenters. The number of rotatable bonds is 11. The van der Waals surface area contributed by atoms with Crippen molar-refractivity contribution in [2.24, 2.45) is 0 Å². The number of methoxy groups -OCH3 is 1. The molecule has 0 fully saturated rings. The molecule has 0 saturated heterocycles. The smallest absolute Gasteiger partial charge is 0.330 e. The molecular weight excluding hydrogens is 416 g/mol. The minimum atomic E-state index is -0.466. The van der Waals surface area contributed by atoms with Crippen molar-refractivity contribution >= 4 is 5.97 Å². The molecule has 3 aromatic carbocycles. The summed E-state index contributed by atoms with van der Waals surface area (Å²) in [4.78, 5) is 11.0. The van der Waals surface area contributed by atoms with Gasteiger partial charge in [-0.2, -0.15) is 0 Å². The highest BCUT2D eigenvalue weighted by atomic mass is 16.5. The number of carbonyl (C=O) groups is 1. The molecule has 0 spiro atoms. The van der Waals surface area contributed by atoms with Crippen molar-refractivity contribution in [1.82, 2.24) is 0 Å². The van der Waals surface area contributed by atoms with Gasteiger partial charge < -0.3 is 18.9 Å². The summed E-state index contributed by atoms with van der Waals surface area (Å²) in [7, 11) is 1.64. The summed E-state index contributed by atoms with van der Waals surface area (Å²) in [6, 6.07) is 24.1. The first kappa shape index (κ1) is 23.6. The van der Waals surface area contributed by atoms with Gasteiger partial charge in [-0.25, -0.2) is 4.79 Å². The Hall–Kier alpha value is -4.09. The molecule has 0 N–H and O–H groups in total. The zero-order valence-corrected chi connectivity index (χ0v) is 18.5. The molecule has 0 heterocycles. The first-order valence-corrected chi connectivity index (χ1v) is 10.4. The second kappa shape index (κ2) is 12.7. The van der Waals surface area contributed by atoms with Crippen LogP contribution < -0.4 is 9.47 Å². The molecule has 0 aromatic heterocycles. The largest absolute Gasteiger partial charge is 0.465 e. The highest BCUT2D eigenvalue weighted by molar-refractivity contribution is 5.81. The molecule has 3 rings (SSSR count). The van der Waals surface area contributed by atoms with E-state index in [4.69, 9.17) is 18.9 Å². The SMILES string of the molecule is C=CC(=O)OC/C=C/Oc1ccc(-c2ccc(-c3ccc(O/C=C/COC)cc3)cc2)cc1. The molecule has 5 heteroatoms. The Kier molecular flexibility index (Phi) is 9.06. The van der Waals surface area contributed by atoms with Gasteiger partial charge in [0.15, 0.2) is 0 Å². The van der Waals surface area contributed by atoms with Gasteiger partial charge in [-0.05, 0) is 58.7 Å². The van der Waals surface area contributed by atoms with E-state index in [1.807, 2.05) is 54.6 Å². The number of carbonyl (C=O) groups excluding carboxylic acids is 1. The molecule has 0 aliphatic heterocycles. The fourth-order valence-electron chi connectivity index (χ4n) is 2.92. The van der Waals surface area contributed by atoms with E-state index in [2.05, 4.69) is 30.8 Å². The average Bonchev–Trinajstić information content (AvgIpc) is 2.87. The van der Waals surface area contributed by atoms with Gasteiger partial charge in [-0.1, -0.05) is 55.1 Å². The molecule has 3 aromatic rings. The summed E-state index contributed by atoms with van der Waals surface area (Å²) in [5, 5.41) is 0. The van der Waals surface area contributed by atoms with E-state index in [1.165, 1.54) is 6.26 Å². The number of hydrogen-bond donors (Lipinski definition) is 0. The first-order chi connectivity index (χ1) is 16.2. The van der Waals surface area contributed by atoms with Crippen LogP contribution >= 0.6 is 0 Å². The van der Waals surface area contributed by atoms with E-state index in [0.717, 1.165) is 34.1 Å². The van der Waals surface area contributed by atoms with E-state index in [1.54, 1.807) is 19.4 Å². The molecule has 0 saturated carbocycles.